The molecule has 0 atom stereocenters. The summed E-state index contributed by atoms with van der Waals surface area (Å²) in [5.74, 6) is -0.0225. The summed E-state index contributed by atoms with van der Waals surface area (Å²) < 4.78 is 25.6. The molecule has 0 aliphatic heterocycles. The van der Waals surface area contributed by atoms with Crippen molar-refractivity contribution in [3.63, 3.8) is 0 Å². The van der Waals surface area contributed by atoms with Crippen molar-refractivity contribution in [1.82, 2.24) is 20.3 Å². The Morgan fingerprint density at radius 1 is 1.40 bits per heavy atom. The number of carbonyl (C=O) groups is 1. The Bertz CT molecular complexity index is 562. The minimum Gasteiger partial charge on any atom is -0.352 e. The first-order valence-corrected chi connectivity index (χ1v) is 8.49. The van der Waals surface area contributed by atoms with Crippen LogP contribution in [0.25, 0.3) is 0 Å². The van der Waals surface area contributed by atoms with Gasteiger partial charge in [-0.05, 0) is 12.8 Å². The van der Waals surface area contributed by atoms with Crippen LogP contribution >= 0.6 is 0 Å². The summed E-state index contributed by atoms with van der Waals surface area (Å²) in [5.41, 5.74) is 0. The third-order valence-electron chi connectivity index (χ3n) is 3.10. The van der Waals surface area contributed by atoms with Crippen molar-refractivity contribution in [2.75, 3.05) is 11.0 Å². The number of nitrogens with zero attached hydrogens (tertiary/aromatic N) is 3. The number of nitrogens with one attached hydrogen (secondary N) is 2. The third kappa shape index (κ3) is 4.80. The van der Waals surface area contributed by atoms with Gasteiger partial charge in [-0.3, -0.25) is 9.52 Å². The maximum Gasteiger partial charge on any atom is 0.242 e. The summed E-state index contributed by atoms with van der Waals surface area (Å²) in [6, 6.07) is 0.244. The molecule has 0 spiro atoms. The van der Waals surface area contributed by atoms with Crippen LogP contribution in [0.1, 0.15) is 32.1 Å². The SMILES string of the molecule is CS(=O)(=O)Nc1cn(CC(=O)NC2CCCCC2)nn1. The fourth-order valence-corrected chi connectivity index (χ4v) is 2.75. The third-order valence-corrected chi connectivity index (χ3v) is 3.68. The Morgan fingerprint density at radius 2 is 2.10 bits per heavy atom. The van der Waals surface area contributed by atoms with Gasteiger partial charge in [-0.1, -0.05) is 24.5 Å². The van der Waals surface area contributed by atoms with Gasteiger partial charge in [0, 0.05) is 6.04 Å². The predicted molar refractivity (Wildman–Crippen MR) is 73.5 cm³/mol. The maximum absolute atomic E-state index is 11.8. The molecule has 1 aromatic heterocycles. The molecule has 0 unspecified atom stereocenters. The Labute approximate surface area is 118 Å². The lowest BCUT2D eigenvalue weighted by atomic mass is 9.95. The van der Waals surface area contributed by atoms with Crippen molar-refractivity contribution in [2.24, 2.45) is 0 Å². The van der Waals surface area contributed by atoms with Gasteiger partial charge in [-0.2, -0.15) is 0 Å². The average Bonchev–Trinajstić information content (AvgIpc) is 2.75. The smallest absolute Gasteiger partial charge is 0.242 e. The lowest BCUT2D eigenvalue weighted by Gasteiger charge is -2.22. The van der Waals surface area contributed by atoms with Gasteiger partial charge < -0.3 is 5.32 Å². The van der Waals surface area contributed by atoms with Crippen LogP contribution < -0.4 is 10.0 Å². The van der Waals surface area contributed by atoms with E-state index in [0.29, 0.717) is 0 Å². The van der Waals surface area contributed by atoms with Crippen molar-refractivity contribution >= 4 is 21.7 Å². The standard InChI is InChI=1S/C11H19N5O3S/c1-20(18,19)14-10-7-16(15-13-10)8-11(17)12-9-5-3-2-4-6-9/h7,9,14H,2-6,8H2,1H3,(H,12,17). The molecule has 1 aliphatic carbocycles. The first-order valence-electron chi connectivity index (χ1n) is 6.60. The monoisotopic (exact) mass is 301 g/mol. The first kappa shape index (κ1) is 14.8. The number of hydrogen-bond donors (Lipinski definition) is 2. The van der Waals surface area contributed by atoms with Gasteiger partial charge in [0.15, 0.2) is 5.82 Å². The molecule has 8 nitrogen and oxygen atoms in total. The number of carbonyl (C=O) groups excluding carboxylic acids is 1. The summed E-state index contributed by atoms with van der Waals surface area (Å²) >= 11 is 0. The van der Waals surface area contributed by atoms with E-state index in [1.165, 1.54) is 17.3 Å². The molecule has 0 radical (unpaired) electrons. The number of amides is 1. The summed E-state index contributed by atoms with van der Waals surface area (Å²) in [6.07, 6.45) is 7.99. The molecule has 0 aromatic carbocycles. The molecular formula is C11H19N5O3S. The second-order valence-corrected chi connectivity index (χ2v) is 6.83. The molecule has 1 heterocycles. The van der Waals surface area contributed by atoms with Crippen molar-refractivity contribution in [1.29, 1.82) is 0 Å². The van der Waals surface area contributed by atoms with E-state index in [0.717, 1.165) is 31.9 Å². The van der Waals surface area contributed by atoms with Crippen LogP contribution in [-0.4, -0.2) is 41.6 Å². The number of rotatable bonds is 5. The topological polar surface area (TPSA) is 106 Å². The van der Waals surface area contributed by atoms with Crippen molar-refractivity contribution in [3.8, 4) is 0 Å². The highest BCUT2D eigenvalue weighted by molar-refractivity contribution is 7.92. The molecule has 0 bridgehead atoms. The lowest BCUT2D eigenvalue weighted by Crippen LogP contribution is -2.38. The van der Waals surface area contributed by atoms with Crippen molar-refractivity contribution in [3.05, 3.63) is 6.20 Å². The largest absolute Gasteiger partial charge is 0.352 e. The molecule has 0 saturated heterocycles. The molecule has 1 aromatic rings. The van der Waals surface area contributed by atoms with Crippen molar-refractivity contribution < 1.29 is 13.2 Å². The number of hydrogen-bond acceptors (Lipinski definition) is 5. The van der Waals surface area contributed by atoms with E-state index in [9.17, 15) is 13.2 Å². The second-order valence-electron chi connectivity index (χ2n) is 5.08. The van der Waals surface area contributed by atoms with E-state index in [4.69, 9.17) is 0 Å². The van der Waals surface area contributed by atoms with Crippen LogP contribution in [0, 0.1) is 0 Å². The molecule has 2 N–H and O–H groups in total. The van der Waals surface area contributed by atoms with E-state index >= 15 is 0 Å². The number of aromatic nitrogens is 3. The van der Waals surface area contributed by atoms with Crippen LogP contribution in [-0.2, 0) is 21.4 Å². The van der Waals surface area contributed by atoms with Crippen LogP contribution in [0.15, 0.2) is 6.20 Å². The lowest BCUT2D eigenvalue weighted by molar-refractivity contribution is -0.122. The Kier molecular flexibility index (Phi) is 4.58. The highest BCUT2D eigenvalue weighted by Crippen LogP contribution is 2.17. The van der Waals surface area contributed by atoms with Gasteiger partial charge in [0.25, 0.3) is 0 Å². The van der Waals surface area contributed by atoms with Gasteiger partial charge in [-0.25, -0.2) is 13.1 Å². The minimum atomic E-state index is -3.38. The molecular weight excluding hydrogens is 282 g/mol. The zero-order chi connectivity index (χ0) is 14.6. The zero-order valence-corrected chi connectivity index (χ0v) is 12.2. The molecule has 1 saturated carbocycles. The minimum absolute atomic E-state index is 0.0366. The number of anilines is 1. The predicted octanol–water partition coefficient (Wildman–Crippen LogP) is 0.0985. The molecule has 1 aliphatic rings. The summed E-state index contributed by atoms with van der Waals surface area (Å²) in [6.45, 7) is 0.0366. The Hall–Kier alpha value is -1.64. The first-order chi connectivity index (χ1) is 9.42. The van der Waals surface area contributed by atoms with Gasteiger partial charge in [0.2, 0.25) is 15.9 Å². The molecule has 112 valence electrons. The zero-order valence-electron chi connectivity index (χ0n) is 11.4. The Balaban J connectivity index is 1.85. The van der Waals surface area contributed by atoms with Gasteiger partial charge >= 0.3 is 0 Å². The van der Waals surface area contributed by atoms with E-state index in [2.05, 4.69) is 20.4 Å². The fourth-order valence-electron chi connectivity index (χ4n) is 2.28. The maximum atomic E-state index is 11.8. The Morgan fingerprint density at radius 3 is 2.75 bits per heavy atom. The summed E-state index contributed by atoms with van der Waals surface area (Å²) in [5, 5.41) is 10.3. The van der Waals surface area contributed by atoms with Crippen LogP contribution in [0.4, 0.5) is 5.82 Å². The summed E-state index contributed by atoms with van der Waals surface area (Å²) in [7, 11) is -3.38. The summed E-state index contributed by atoms with van der Waals surface area (Å²) in [4.78, 5) is 11.8. The van der Waals surface area contributed by atoms with Gasteiger partial charge in [-0.15, -0.1) is 5.10 Å². The van der Waals surface area contributed by atoms with E-state index in [1.54, 1.807) is 0 Å². The fraction of sp³-hybridized carbons (Fsp3) is 0.727. The second kappa shape index (κ2) is 6.21. The van der Waals surface area contributed by atoms with Crippen molar-refractivity contribution in [2.45, 2.75) is 44.7 Å². The highest BCUT2D eigenvalue weighted by atomic mass is 32.2. The molecule has 1 amide bonds. The molecule has 2 rings (SSSR count). The number of sulfonamides is 1. The van der Waals surface area contributed by atoms with E-state index < -0.39 is 10.0 Å². The van der Waals surface area contributed by atoms with Crippen LogP contribution in [0.2, 0.25) is 0 Å². The molecule has 9 heteroatoms. The van der Waals surface area contributed by atoms with Crippen LogP contribution in [0.3, 0.4) is 0 Å². The van der Waals surface area contributed by atoms with Gasteiger partial charge in [0.05, 0.1) is 12.5 Å². The average molecular weight is 301 g/mol. The van der Waals surface area contributed by atoms with Crippen LogP contribution in [0.5, 0.6) is 0 Å². The molecule has 1 fully saturated rings. The molecule has 20 heavy (non-hydrogen) atoms. The van der Waals surface area contributed by atoms with E-state index in [1.807, 2.05) is 0 Å². The van der Waals surface area contributed by atoms with Gasteiger partial charge in [0.1, 0.15) is 6.54 Å². The normalized spacial score (nSPS) is 16.9. The quantitative estimate of drug-likeness (QED) is 0.802. The highest BCUT2D eigenvalue weighted by Gasteiger charge is 2.16. The van der Waals surface area contributed by atoms with E-state index in [-0.39, 0.29) is 24.3 Å².